The molecule has 0 radical (unpaired) electrons. The van der Waals surface area contributed by atoms with Crippen LogP contribution in [0, 0.1) is 0 Å². The van der Waals surface area contributed by atoms with Gasteiger partial charge in [0.05, 0.1) is 0 Å². The summed E-state index contributed by atoms with van der Waals surface area (Å²) in [7, 11) is 0. The van der Waals surface area contributed by atoms with Crippen LogP contribution in [0.2, 0.25) is 0 Å². The van der Waals surface area contributed by atoms with Gasteiger partial charge in [-0.05, 0) is 94.5 Å². The SMILES string of the molecule is CC1CCCC(C)N1C(=O)COc1ccc(C(=O)Nc2ccc(-c3n[nH]c(C4CC4)n3)cc2)cc1. The number of rotatable bonds is 7. The Labute approximate surface area is 205 Å². The molecule has 3 aromatic rings. The van der Waals surface area contributed by atoms with Crippen molar-refractivity contribution in [3.8, 4) is 17.1 Å². The minimum Gasteiger partial charge on any atom is -0.484 e. The van der Waals surface area contributed by atoms with Crippen molar-refractivity contribution in [3.05, 3.63) is 59.9 Å². The number of hydrogen-bond donors (Lipinski definition) is 2. The fraction of sp³-hybridized carbons (Fsp3) is 0.407. The highest BCUT2D eigenvalue weighted by Crippen LogP contribution is 2.38. The monoisotopic (exact) mass is 473 g/mol. The van der Waals surface area contributed by atoms with Crippen molar-refractivity contribution in [1.82, 2.24) is 20.1 Å². The molecule has 1 saturated carbocycles. The van der Waals surface area contributed by atoms with Gasteiger partial charge in [0.15, 0.2) is 12.4 Å². The largest absolute Gasteiger partial charge is 0.484 e. The molecule has 8 nitrogen and oxygen atoms in total. The first-order valence-electron chi connectivity index (χ1n) is 12.4. The van der Waals surface area contributed by atoms with Gasteiger partial charge in [0.2, 0.25) is 0 Å². The molecular weight excluding hydrogens is 442 g/mol. The predicted molar refractivity (Wildman–Crippen MR) is 133 cm³/mol. The summed E-state index contributed by atoms with van der Waals surface area (Å²) in [6, 6.07) is 14.8. The zero-order valence-electron chi connectivity index (χ0n) is 20.2. The summed E-state index contributed by atoms with van der Waals surface area (Å²) in [6.45, 7) is 4.18. The first-order chi connectivity index (χ1) is 17.0. The number of nitrogens with one attached hydrogen (secondary N) is 2. The summed E-state index contributed by atoms with van der Waals surface area (Å²) in [5.74, 6) is 2.49. The molecule has 2 unspecified atom stereocenters. The second-order valence-electron chi connectivity index (χ2n) is 9.59. The summed E-state index contributed by atoms with van der Waals surface area (Å²) in [4.78, 5) is 31.8. The predicted octanol–water partition coefficient (Wildman–Crippen LogP) is 4.77. The molecule has 2 atom stereocenters. The maximum Gasteiger partial charge on any atom is 0.260 e. The fourth-order valence-electron chi connectivity index (χ4n) is 4.68. The Morgan fingerprint density at radius 1 is 1.00 bits per heavy atom. The van der Waals surface area contributed by atoms with Crippen molar-refractivity contribution < 1.29 is 14.3 Å². The number of ether oxygens (including phenoxy) is 1. The molecule has 182 valence electrons. The number of aromatic nitrogens is 3. The highest BCUT2D eigenvalue weighted by atomic mass is 16.5. The molecule has 0 spiro atoms. The van der Waals surface area contributed by atoms with E-state index in [4.69, 9.17) is 4.74 Å². The standard InChI is InChI=1S/C27H31N5O3/c1-17-4-3-5-18(2)32(17)24(33)16-35-23-14-10-21(11-15-23)27(34)28-22-12-8-20(9-13-22)26-29-25(30-31-26)19-6-7-19/h8-15,17-19H,3-7,16H2,1-2H3,(H,28,34)(H,29,30,31). The summed E-state index contributed by atoms with van der Waals surface area (Å²) in [6.07, 6.45) is 5.56. The lowest BCUT2D eigenvalue weighted by Crippen LogP contribution is -2.49. The number of hydrogen-bond acceptors (Lipinski definition) is 5. The van der Waals surface area contributed by atoms with Crippen LogP contribution in [-0.2, 0) is 4.79 Å². The average molecular weight is 474 g/mol. The van der Waals surface area contributed by atoms with Gasteiger partial charge in [-0.3, -0.25) is 14.7 Å². The van der Waals surface area contributed by atoms with Gasteiger partial charge in [-0.15, -0.1) is 0 Å². The Kier molecular flexibility index (Phi) is 6.53. The Hall–Kier alpha value is -3.68. The number of carbonyl (C=O) groups is 2. The second kappa shape index (κ2) is 9.90. The topological polar surface area (TPSA) is 100 Å². The van der Waals surface area contributed by atoms with Crippen molar-refractivity contribution in [3.63, 3.8) is 0 Å². The first-order valence-corrected chi connectivity index (χ1v) is 12.4. The molecule has 1 aliphatic heterocycles. The number of piperidine rings is 1. The molecule has 35 heavy (non-hydrogen) atoms. The van der Waals surface area contributed by atoms with Gasteiger partial charge < -0.3 is 15.0 Å². The van der Waals surface area contributed by atoms with Crippen LogP contribution in [0.4, 0.5) is 5.69 Å². The molecule has 2 heterocycles. The van der Waals surface area contributed by atoms with Gasteiger partial charge >= 0.3 is 0 Å². The van der Waals surface area contributed by atoms with E-state index in [0.29, 0.717) is 28.7 Å². The van der Waals surface area contributed by atoms with Crippen LogP contribution < -0.4 is 10.1 Å². The van der Waals surface area contributed by atoms with Crippen molar-refractivity contribution in [2.75, 3.05) is 11.9 Å². The third-order valence-corrected chi connectivity index (χ3v) is 6.83. The Morgan fingerprint density at radius 2 is 1.69 bits per heavy atom. The van der Waals surface area contributed by atoms with Crippen LogP contribution in [0.5, 0.6) is 5.75 Å². The molecule has 8 heteroatoms. The average Bonchev–Trinajstić information content (AvgIpc) is 3.60. The third-order valence-electron chi connectivity index (χ3n) is 6.83. The Bertz CT molecular complexity index is 1170. The first kappa shape index (κ1) is 23.1. The summed E-state index contributed by atoms with van der Waals surface area (Å²) in [5, 5.41) is 10.2. The molecule has 2 aliphatic rings. The van der Waals surface area contributed by atoms with Crippen LogP contribution in [0.1, 0.15) is 68.1 Å². The smallest absolute Gasteiger partial charge is 0.260 e. The van der Waals surface area contributed by atoms with Crippen molar-refractivity contribution >= 4 is 17.5 Å². The van der Waals surface area contributed by atoms with Crippen molar-refractivity contribution in [2.45, 2.75) is 64.0 Å². The summed E-state index contributed by atoms with van der Waals surface area (Å²) >= 11 is 0. The minimum absolute atomic E-state index is 0.000418. The molecule has 2 N–H and O–H groups in total. The van der Waals surface area contributed by atoms with E-state index in [1.165, 1.54) is 12.8 Å². The van der Waals surface area contributed by atoms with E-state index in [9.17, 15) is 9.59 Å². The fourth-order valence-corrected chi connectivity index (χ4v) is 4.68. The lowest BCUT2D eigenvalue weighted by Gasteiger charge is -2.38. The number of aromatic amines is 1. The van der Waals surface area contributed by atoms with Gasteiger partial charge in [0, 0.05) is 34.8 Å². The lowest BCUT2D eigenvalue weighted by molar-refractivity contribution is -0.139. The molecule has 1 aliphatic carbocycles. The zero-order valence-corrected chi connectivity index (χ0v) is 20.2. The van der Waals surface area contributed by atoms with Crippen LogP contribution in [0.3, 0.4) is 0 Å². The van der Waals surface area contributed by atoms with Gasteiger partial charge in [0.1, 0.15) is 11.6 Å². The lowest BCUT2D eigenvalue weighted by atomic mass is 9.97. The molecule has 2 amide bonds. The molecule has 0 bridgehead atoms. The molecule has 1 saturated heterocycles. The molecule has 1 aromatic heterocycles. The van der Waals surface area contributed by atoms with E-state index < -0.39 is 0 Å². The normalized spacial score (nSPS) is 19.9. The highest BCUT2D eigenvalue weighted by Gasteiger charge is 2.29. The second-order valence-corrected chi connectivity index (χ2v) is 9.59. The maximum absolute atomic E-state index is 12.7. The molecular formula is C27H31N5O3. The molecule has 2 aromatic carbocycles. The van der Waals surface area contributed by atoms with Gasteiger partial charge in [-0.1, -0.05) is 0 Å². The van der Waals surface area contributed by atoms with Crippen LogP contribution >= 0.6 is 0 Å². The van der Waals surface area contributed by atoms with E-state index in [-0.39, 0.29) is 30.5 Å². The number of nitrogens with zero attached hydrogens (tertiary/aromatic N) is 3. The zero-order chi connectivity index (χ0) is 24.4. The van der Waals surface area contributed by atoms with E-state index in [0.717, 1.165) is 30.7 Å². The molecule has 5 rings (SSSR count). The number of amides is 2. The Balaban J connectivity index is 1.14. The minimum atomic E-state index is -0.217. The number of anilines is 1. The van der Waals surface area contributed by atoms with Crippen molar-refractivity contribution in [2.24, 2.45) is 0 Å². The number of carbonyl (C=O) groups excluding carboxylic acids is 2. The van der Waals surface area contributed by atoms with Crippen LogP contribution in [0.15, 0.2) is 48.5 Å². The van der Waals surface area contributed by atoms with Crippen molar-refractivity contribution in [1.29, 1.82) is 0 Å². The summed E-state index contributed by atoms with van der Waals surface area (Å²) < 4.78 is 5.71. The van der Waals surface area contributed by atoms with E-state index in [2.05, 4.69) is 34.3 Å². The van der Waals surface area contributed by atoms with Gasteiger partial charge in [-0.2, -0.15) is 5.10 Å². The number of likely N-dealkylation sites (tertiary alicyclic amines) is 1. The maximum atomic E-state index is 12.7. The van der Waals surface area contributed by atoms with Crippen LogP contribution in [-0.4, -0.2) is 50.6 Å². The Morgan fingerprint density at radius 3 is 2.34 bits per heavy atom. The van der Waals surface area contributed by atoms with E-state index >= 15 is 0 Å². The third kappa shape index (κ3) is 5.37. The van der Waals surface area contributed by atoms with Gasteiger partial charge in [-0.25, -0.2) is 4.98 Å². The quantitative estimate of drug-likeness (QED) is 0.515. The van der Waals surface area contributed by atoms with E-state index in [1.54, 1.807) is 24.3 Å². The number of benzene rings is 2. The molecule has 2 fully saturated rings. The highest BCUT2D eigenvalue weighted by molar-refractivity contribution is 6.04. The van der Waals surface area contributed by atoms with E-state index in [1.807, 2.05) is 29.2 Å². The van der Waals surface area contributed by atoms with Gasteiger partial charge in [0.25, 0.3) is 11.8 Å². The van der Waals surface area contributed by atoms with Crippen LogP contribution in [0.25, 0.3) is 11.4 Å². The number of H-pyrrole nitrogens is 1. The summed E-state index contributed by atoms with van der Waals surface area (Å²) in [5.41, 5.74) is 2.09.